The van der Waals surface area contributed by atoms with E-state index >= 15 is 0 Å². The van der Waals surface area contributed by atoms with Crippen molar-refractivity contribution in [1.82, 2.24) is 10.2 Å². The van der Waals surface area contributed by atoms with Crippen LogP contribution in [0.3, 0.4) is 0 Å². The predicted molar refractivity (Wildman–Crippen MR) is 86.3 cm³/mol. The molecule has 2 aromatic rings. The average Bonchev–Trinajstić information content (AvgIpc) is 2.86. The first kappa shape index (κ1) is 15.6. The van der Waals surface area contributed by atoms with E-state index in [1.165, 1.54) is 22.5 Å². The normalized spacial score (nSPS) is 12.2. The lowest BCUT2D eigenvalue weighted by Crippen LogP contribution is -2.35. The molecule has 0 fully saturated rings. The summed E-state index contributed by atoms with van der Waals surface area (Å²) < 4.78 is 0. The molecule has 0 aliphatic rings. The average molecular weight is 304 g/mol. The monoisotopic (exact) mass is 304 g/mol. The number of nitrogens with zero attached hydrogens (tertiary/aromatic N) is 2. The summed E-state index contributed by atoms with van der Waals surface area (Å²) in [5.41, 5.74) is 9.15. The van der Waals surface area contributed by atoms with Gasteiger partial charge in [0.15, 0.2) is 0 Å². The third-order valence-corrected chi connectivity index (χ3v) is 3.95. The van der Waals surface area contributed by atoms with E-state index in [0.29, 0.717) is 11.6 Å². The molecular formula is C15H20N4OS. The first-order valence-corrected chi connectivity index (χ1v) is 7.80. The summed E-state index contributed by atoms with van der Waals surface area (Å²) in [6, 6.07) is 5.73. The van der Waals surface area contributed by atoms with E-state index in [9.17, 15) is 4.79 Å². The van der Waals surface area contributed by atoms with Crippen LogP contribution in [0.25, 0.3) is 10.6 Å². The van der Waals surface area contributed by atoms with E-state index in [2.05, 4.69) is 33.7 Å². The quantitative estimate of drug-likeness (QED) is 0.890. The van der Waals surface area contributed by atoms with E-state index in [0.717, 1.165) is 17.0 Å². The molecule has 5 nitrogen and oxygen atoms in total. The zero-order valence-corrected chi connectivity index (χ0v) is 13.3. The van der Waals surface area contributed by atoms with E-state index in [1.54, 1.807) is 0 Å². The Hall–Kier alpha value is -1.79. The highest BCUT2D eigenvalue weighted by atomic mass is 32.1. The summed E-state index contributed by atoms with van der Waals surface area (Å²) in [7, 11) is 0. The van der Waals surface area contributed by atoms with Gasteiger partial charge in [-0.3, -0.25) is 10.1 Å². The standard InChI is InChI=1S/C15H20N4OS/c1-4-5-12(16)13(20)17-15-19-18-14(21-15)11-7-9(2)6-10(3)8-11/h6-8,12H,4-5,16H2,1-3H3,(H,17,19,20). The summed E-state index contributed by atoms with van der Waals surface area (Å²) in [4.78, 5) is 11.9. The second-order valence-electron chi connectivity index (χ2n) is 5.17. The fourth-order valence-corrected chi connectivity index (χ4v) is 2.86. The topological polar surface area (TPSA) is 80.9 Å². The Morgan fingerprint density at radius 1 is 1.29 bits per heavy atom. The number of hydrogen-bond acceptors (Lipinski definition) is 5. The molecule has 1 unspecified atom stereocenters. The minimum absolute atomic E-state index is 0.208. The van der Waals surface area contributed by atoms with Gasteiger partial charge in [0, 0.05) is 5.56 Å². The van der Waals surface area contributed by atoms with Crippen molar-refractivity contribution in [3.8, 4) is 10.6 Å². The summed E-state index contributed by atoms with van der Waals surface area (Å²) in [5, 5.41) is 12.2. The van der Waals surface area contributed by atoms with Crippen LogP contribution in [0.1, 0.15) is 30.9 Å². The molecule has 0 spiro atoms. The molecule has 112 valence electrons. The number of anilines is 1. The Labute approximate surface area is 128 Å². The number of benzene rings is 1. The van der Waals surface area contributed by atoms with Crippen LogP contribution in [0.2, 0.25) is 0 Å². The third kappa shape index (κ3) is 4.09. The second-order valence-corrected chi connectivity index (χ2v) is 6.15. The molecule has 2 rings (SSSR count). The Morgan fingerprint density at radius 2 is 1.95 bits per heavy atom. The van der Waals surface area contributed by atoms with Crippen molar-refractivity contribution < 1.29 is 4.79 Å². The Balaban J connectivity index is 2.13. The van der Waals surface area contributed by atoms with Crippen molar-refractivity contribution in [3.63, 3.8) is 0 Å². The van der Waals surface area contributed by atoms with Gasteiger partial charge in [-0.2, -0.15) is 0 Å². The lowest BCUT2D eigenvalue weighted by molar-refractivity contribution is -0.117. The predicted octanol–water partition coefficient (Wildman–Crippen LogP) is 2.89. The molecule has 1 heterocycles. The van der Waals surface area contributed by atoms with Crippen molar-refractivity contribution >= 4 is 22.4 Å². The highest BCUT2D eigenvalue weighted by molar-refractivity contribution is 7.18. The first-order chi connectivity index (χ1) is 9.99. The molecule has 1 aromatic carbocycles. The first-order valence-electron chi connectivity index (χ1n) is 6.98. The molecule has 0 aliphatic carbocycles. The van der Waals surface area contributed by atoms with Crippen molar-refractivity contribution in [2.24, 2.45) is 5.73 Å². The number of nitrogens with two attached hydrogens (primary N) is 1. The van der Waals surface area contributed by atoms with Gasteiger partial charge >= 0.3 is 0 Å². The lowest BCUT2D eigenvalue weighted by atomic mass is 10.1. The van der Waals surface area contributed by atoms with Gasteiger partial charge in [-0.1, -0.05) is 41.9 Å². The van der Waals surface area contributed by atoms with Crippen LogP contribution in [0, 0.1) is 13.8 Å². The maximum absolute atomic E-state index is 11.9. The molecule has 1 aromatic heterocycles. The van der Waals surface area contributed by atoms with Crippen LogP contribution in [-0.4, -0.2) is 22.1 Å². The Bertz CT molecular complexity index is 618. The Morgan fingerprint density at radius 3 is 2.57 bits per heavy atom. The number of carbonyl (C=O) groups excluding carboxylic acids is 1. The molecule has 6 heteroatoms. The van der Waals surface area contributed by atoms with Gasteiger partial charge in [0.1, 0.15) is 5.01 Å². The van der Waals surface area contributed by atoms with Gasteiger partial charge in [-0.15, -0.1) is 10.2 Å². The molecule has 0 saturated carbocycles. The van der Waals surface area contributed by atoms with Crippen molar-refractivity contribution in [2.45, 2.75) is 39.7 Å². The number of nitrogens with one attached hydrogen (secondary N) is 1. The molecule has 0 bridgehead atoms. The SMILES string of the molecule is CCCC(N)C(=O)Nc1nnc(-c2cc(C)cc(C)c2)s1. The van der Waals surface area contributed by atoms with Gasteiger partial charge in [0.05, 0.1) is 6.04 Å². The maximum atomic E-state index is 11.9. The fourth-order valence-electron chi connectivity index (χ4n) is 2.13. The summed E-state index contributed by atoms with van der Waals surface area (Å²) >= 11 is 1.36. The van der Waals surface area contributed by atoms with Crippen LogP contribution in [0.4, 0.5) is 5.13 Å². The number of aromatic nitrogens is 2. The third-order valence-electron chi connectivity index (χ3n) is 3.06. The highest BCUT2D eigenvalue weighted by Gasteiger charge is 2.15. The molecule has 21 heavy (non-hydrogen) atoms. The van der Waals surface area contributed by atoms with Crippen LogP contribution < -0.4 is 11.1 Å². The number of amides is 1. The van der Waals surface area contributed by atoms with E-state index < -0.39 is 6.04 Å². The molecule has 3 N–H and O–H groups in total. The minimum Gasteiger partial charge on any atom is -0.320 e. The number of hydrogen-bond donors (Lipinski definition) is 2. The van der Waals surface area contributed by atoms with Crippen molar-refractivity contribution in [3.05, 3.63) is 29.3 Å². The van der Waals surface area contributed by atoms with Gasteiger partial charge < -0.3 is 5.73 Å². The fraction of sp³-hybridized carbons (Fsp3) is 0.400. The van der Waals surface area contributed by atoms with E-state index in [1.807, 2.05) is 20.8 Å². The van der Waals surface area contributed by atoms with E-state index in [-0.39, 0.29) is 5.91 Å². The molecule has 1 atom stereocenters. The van der Waals surface area contributed by atoms with E-state index in [4.69, 9.17) is 5.73 Å². The lowest BCUT2D eigenvalue weighted by Gasteiger charge is -2.08. The second kappa shape index (κ2) is 6.78. The highest BCUT2D eigenvalue weighted by Crippen LogP contribution is 2.27. The van der Waals surface area contributed by atoms with Crippen molar-refractivity contribution in [2.75, 3.05) is 5.32 Å². The van der Waals surface area contributed by atoms with Crippen LogP contribution in [0.5, 0.6) is 0 Å². The maximum Gasteiger partial charge on any atom is 0.243 e. The molecule has 0 radical (unpaired) electrons. The van der Waals surface area contributed by atoms with Gasteiger partial charge in [0.25, 0.3) is 0 Å². The smallest absolute Gasteiger partial charge is 0.243 e. The summed E-state index contributed by atoms with van der Waals surface area (Å²) in [6.07, 6.45) is 1.53. The van der Waals surface area contributed by atoms with Crippen molar-refractivity contribution in [1.29, 1.82) is 0 Å². The van der Waals surface area contributed by atoms with Gasteiger partial charge in [-0.05, 0) is 32.4 Å². The molecule has 1 amide bonds. The largest absolute Gasteiger partial charge is 0.320 e. The van der Waals surface area contributed by atoms with Crippen LogP contribution >= 0.6 is 11.3 Å². The number of aryl methyl sites for hydroxylation is 2. The zero-order chi connectivity index (χ0) is 15.4. The minimum atomic E-state index is -0.497. The number of rotatable bonds is 5. The summed E-state index contributed by atoms with van der Waals surface area (Å²) in [6.45, 7) is 6.09. The van der Waals surface area contributed by atoms with Gasteiger partial charge in [0.2, 0.25) is 11.0 Å². The van der Waals surface area contributed by atoms with Crippen LogP contribution in [0.15, 0.2) is 18.2 Å². The van der Waals surface area contributed by atoms with Gasteiger partial charge in [-0.25, -0.2) is 0 Å². The summed E-state index contributed by atoms with van der Waals surface area (Å²) in [5.74, 6) is -0.208. The zero-order valence-electron chi connectivity index (χ0n) is 12.5. The molecular weight excluding hydrogens is 284 g/mol. The molecule has 0 aliphatic heterocycles. The Kier molecular flexibility index (Phi) is 5.03. The molecule has 0 saturated heterocycles. The number of carbonyl (C=O) groups is 1. The van der Waals surface area contributed by atoms with Crippen LogP contribution in [-0.2, 0) is 4.79 Å².